The first kappa shape index (κ1) is 10.6. The first-order valence-electron chi connectivity index (χ1n) is 4.40. The van der Waals surface area contributed by atoms with E-state index in [1.54, 1.807) is 0 Å². The monoisotopic (exact) mass is 199 g/mol. The Kier molecular flexibility index (Phi) is 3.19. The van der Waals surface area contributed by atoms with E-state index in [4.69, 9.17) is 5.73 Å². The van der Waals surface area contributed by atoms with Gasteiger partial charge in [0.2, 0.25) is 17.7 Å². The Hall–Kier alpha value is -1.43. The van der Waals surface area contributed by atoms with Gasteiger partial charge in [-0.1, -0.05) is 0 Å². The highest BCUT2D eigenvalue weighted by atomic mass is 16.2. The first-order chi connectivity index (χ1) is 6.50. The summed E-state index contributed by atoms with van der Waals surface area (Å²) >= 11 is 0. The number of hydrogen-bond donors (Lipinski definition) is 3. The van der Waals surface area contributed by atoms with E-state index in [0.29, 0.717) is 6.42 Å². The fourth-order valence-electron chi connectivity index (χ4n) is 1.13. The zero-order valence-corrected chi connectivity index (χ0v) is 7.87. The quantitative estimate of drug-likeness (QED) is 0.459. The van der Waals surface area contributed by atoms with Crippen LogP contribution in [0.5, 0.6) is 0 Å². The number of nitrogens with two attached hydrogens (primary N) is 1. The molecule has 2 atom stereocenters. The average molecular weight is 199 g/mol. The van der Waals surface area contributed by atoms with Gasteiger partial charge in [-0.25, -0.2) is 0 Å². The second-order valence-corrected chi connectivity index (χ2v) is 3.30. The number of hydrogen-bond acceptors (Lipinski definition) is 4. The summed E-state index contributed by atoms with van der Waals surface area (Å²) in [4.78, 5) is 33.1. The zero-order chi connectivity index (χ0) is 10.7. The minimum absolute atomic E-state index is 0.246. The first-order valence-corrected chi connectivity index (χ1v) is 4.40. The molecule has 0 aliphatic carbocycles. The van der Waals surface area contributed by atoms with Gasteiger partial charge < -0.3 is 11.1 Å². The van der Waals surface area contributed by atoms with Gasteiger partial charge in [-0.05, 0) is 13.3 Å². The molecule has 0 bridgehead atoms. The van der Waals surface area contributed by atoms with E-state index in [2.05, 4.69) is 10.6 Å². The van der Waals surface area contributed by atoms with Gasteiger partial charge in [0.1, 0.15) is 6.04 Å². The third-order valence-electron chi connectivity index (χ3n) is 1.97. The van der Waals surface area contributed by atoms with Gasteiger partial charge in [0.25, 0.3) is 0 Å². The molecule has 0 radical (unpaired) electrons. The van der Waals surface area contributed by atoms with Crippen molar-refractivity contribution in [3.8, 4) is 0 Å². The standard InChI is InChI=1S/C8H13N3O3/c1-4(9)7(13)10-5-2-3-6(12)11-8(5)14/h4-5H,2-3,9H2,1H3,(H,10,13)(H,11,12,14). The molecule has 0 aromatic rings. The maximum Gasteiger partial charge on any atom is 0.249 e. The van der Waals surface area contributed by atoms with Crippen molar-refractivity contribution in [2.45, 2.75) is 31.8 Å². The van der Waals surface area contributed by atoms with Crippen molar-refractivity contribution in [2.75, 3.05) is 0 Å². The van der Waals surface area contributed by atoms with Crippen LogP contribution >= 0.6 is 0 Å². The van der Waals surface area contributed by atoms with Crippen LogP contribution in [0.3, 0.4) is 0 Å². The number of rotatable bonds is 2. The van der Waals surface area contributed by atoms with Crippen LogP contribution in [0, 0.1) is 0 Å². The van der Waals surface area contributed by atoms with Gasteiger partial charge >= 0.3 is 0 Å². The lowest BCUT2D eigenvalue weighted by molar-refractivity contribution is -0.137. The molecule has 6 nitrogen and oxygen atoms in total. The highest BCUT2D eigenvalue weighted by Crippen LogP contribution is 2.03. The molecule has 3 amide bonds. The molecule has 1 aliphatic heterocycles. The molecule has 0 saturated carbocycles. The lowest BCUT2D eigenvalue weighted by atomic mass is 10.1. The molecule has 0 aromatic heterocycles. The molecule has 1 saturated heterocycles. The molecule has 6 heteroatoms. The third kappa shape index (κ3) is 2.53. The Morgan fingerprint density at radius 1 is 1.64 bits per heavy atom. The summed E-state index contributed by atoms with van der Waals surface area (Å²) in [6, 6.07) is -1.29. The third-order valence-corrected chi connectivity index (χ3v) is 1.97. The van der Waals surface area contributed by atoms with E-state index in [1.807, 2.05) is 0 Å². The normalized spacial score (nSPS) is 24.0. The van der Waals surface area contributed by atoms with Crippen LogP contribution in [0.15, 0.2) is 0 Å². The molecule has 0 aromatic carbocycles. The number of carbonyl (C=O) groups excluding carboxylic acids is 3. The van der Waals surface area contributed by atoms with E-state index in [-0.39, 0.29) is 18.2 Å². The predicted octanol–water partition coefficient (Wildman–Crippen LogP) is -1.74. The molecule has 14 heavy (non-hydrogen) atoms. The minimum atomic E-state index is -0.652. The fraction of sp³-hybridized carbons (Fsp3) is 0.625. The summed E-state index contributed by atoms with van der Waals surface area (Å²) in [6.07, 6.45) is 0.582. The molecule has 1 heterocycles. The Balaban J connectivity index is 2.49. The summed E-state index contributed by atoms with van der Waals surface area (Å²) in [6.45, 7) is 1.53. The van der Waals surface area contributed by atoms with Gasteiger partial charge in [0.15, 0.2) is 0 Å². The fourth-order valence-corrected chi connectivity index (χ4v) is 1.13. The van der Waals surface area contributed by atoms with Crippen molar-refractivity contribution in [1.82, 2.24) is 10.6 Å². The number of piperidine rings is 1. The van der Waals surface area contributed by atoms with Gasteiger partial charge in [0, 0.05) is 6.42 Å². The molecule has 78 valence electrons. The molecule has 1 rings (SSSR count). The molecule has 0 spiro atoms. The lowest BCUT2D eigenvalue weighted by Crippen LogP contribution is -2.54. The lowest BCUT2D eigenvalue weighted by Gasteiger charge is -2.22. The number of amides is 3. The molecular weight excluding hydrogens is 186 g/mol. The van der Waals surface area contributed by atoms with Crippen LogP contribution in [0.4, 0.5) is 0 Å². The van der Waals surface area contributed by atoms with Crippen molar-refractivity contribution in [1.29, 1.82) is 0 Å². The number of carbonyl (C=O) groups is 3. The van der Waals surface area contributed by atoms with Gasteiger partial charge in [0.05, 0.1) is 6.04 Å². The number of nitrogens with one attached hydrogen (secondary N) is 2. The summed E-state index contributed by atoms with van der Waals surface area (Å²) < 4.78 is 0. The smallest absolute Gasteiger partial charge is 0.249 e. The molecule has 1 aliphatic rings. The van der Waals surface area contributed by atoms with Crippen molar-refractivity contribution in [3.63, 3.8) is 0 Å². The van der Waals surface area contributed by atoms with E-state index in [9.17, 15) is 14.4 Å². The van der Waals surface area contributed by atoms with E-state index in [0.717, 1.165) is 0 Å². The Morgan fingerprint density at radius 2 is 2.29 bits per heavy atom. The molecular formula is C8H13N3O3. The summed E-state index contributed by atoms with van der Waals surface area (Å²) in [5.41, 5.74) is 5.32. The Labute approximate surface area is 81.2 Å². The van der Waals surface area contributed by atoms with Crippen LogP contribution in [-0.2, 0) is 14.4 Å². The highest BCUT2D eigenvalue weighted by Gasteiger charge is 2.28. The van der Waals surface area contributed by atoms with Crippen LogP contribution in [0.25, 0.3) is 0 Å². The highest BCUT2D eigenvalue weighted by molar-refractivity contribution is 6.01. The largest absolute Gasteiger partial charge is 0.343 e. The maximum absolute atomic E-state index is 11.2. The second-order valence-electron chi connectivity index (χ2n) is 3.30. The van der Waals surface area contributed by atoms with Crippen LogP contribution in [0.2, 0.25) is 0 Å². The van der Waals surface area contributed by atoms with Crippen LogP contribution in [-0.4, -0.2) is 29.8 Å². The minimum Gasteiger partial charge on any atom is -0.343 e. The predicted molar refractivity (Wildman–Crippen MR) is 48.0 cm³/mol. The van der Waals surface area contributed by atoms with Crippen molar-refractivity contribution >= 4 is 17.7 Å². The van der Waals surface area contributed by atoms with E-state index >= 15 is 0 Å². The summed E-state index contributed by atoms with van der Waals surface area (Å²) in [5.74, 6) is -1.16. The van der Waals surface area contributed by atoms with Crippen molar-refractivity contribution < 1.29 is 14.4 Å². The summed E-state index contributed by atoms with van der Waals surface area (Å²) in [5, 5.41) is 4.60. The van der Waals surface area contributed by atoms with Crippen molar-refractivity contribution in [3.05, 3.63) is 0 Å². The molecule has 1 fully saturated rings. The molecule has 4 N–H and O–H groups in total. The second kappa shape index (κ2) is 4.19. The van der Waals surface area contributed by atoms with E-state index < -0.39 is 18.0 Å². The topological polar surface area (TPSA) is 101 Å². The van der Waals surface area contributed by atoms with Crippen molar-refractivity contribution in [2.24, 2.45) is 5.73 Å². The Morgan fingerprint density at radius 3 is 2.79 bits per heavy atom. The zero-order valence-electron chi connectivity index (χ0n) is 7.87. The van der Waals surface area contributed by atoms with Crippen LogP contribution in [0.1, 0.15) is 19.8 Å². The van der Waals surface area contributed by atoms with Gasteiger partial charge in [-0.3, -0.25) is 19.7 Å². The maximum atomic E-state index is 11.2. The van der Waals surface area contributed by atoms with Gasteiger partial charge in [-0.15, -0.1) is 0 Å². The van der Waals surface area contributed by atoms with Crippen LogP contribution < -0.4 is 16.4 Å². The average Bonchev–Trinajstić information content (AvgIpc) is 2.09. The SMILES string of the molecule is CC(N)C(=O)NC1CCC(=O)NC1=O. The number of imide groups is 1. The van der Waals surface area contributed by atoms with Gasteiger partial charge in [-0.2, -0.15) is 0 Å². The van der Waals surface area contributed by atoms with E-state index in [1.165, 1.54) is 6.92 Å². The Bertz CT molecular complexity index is 275. The molecule has 2 unspecified atom stereocenters. The summed E-state index contributed by atoms with van der Waals surface area (Å²) in [7, 11) is 0.